The molecule has 1 aliphatic rings. The summed E-state index contributed by atoms with van der Waals surface area (Å²) < 4.78 is 1.93. The van der Waals surface area contributed by atoms with Crippen LogP contribution in [-0.4, -0.2) is 26.8 Å². The van der Waals surface area contributed by atoms with Crippen molar-refractivity contribution in [2.75, 3.05) is 11.4 Å². The highest BCUT2D eigenvalue weighted by atomic mass is 35.5. The summed E-state index contributed by atoms with van der Waals surface area (Å²) >= 11 is 6.15. The molecule has 0 amide bonds. The molecular formula is C21H24ClN5. The van der Waals surface area contributed by atoms with Gasteiger partial charge in [0.25, 0.3) is 0 Å². The van der Waals surface area contributed by atoms with Crippen LogP contribution < -0.4 is 4.90 Å². The van der Waals surface area contributed by atoms with Crippen LogP contribution in [0.2, 0.25) is 5.02 Å². The number of benzene rings is 2. The molecule has 3 aromatic rings. The van der Waals surface area contributed by atoms with Crippen LogP contribution in [-0.2, 0) is 12.0 Å². The summed E-state index contributed by atoms with van der Waals surface area (Å²) in [4.78, 5) is 2.43. The van der Waals surface area contributed by atoms with Crippen molar-refractivity contribution in [3.05, 3.63) is 70.5 Å². The lowest BCUT2D eigenvalue weighted by atomic mass is 9.96. The summed E-state index contributed by atoms with van der Waals surface area (Å²) in [5.74, 6) is 0.849. The molecule has 0 fully saturated rings. The predicted octanol–water partition coefficient (Wildman–Crippen LogP) is 4.62. The van der Waals surface area contributed by atoms with Crippen molar-refractivity contribution in [1.29, 1.82) is 0 Å². The van der Waals surface area contributed by atoms with Gasteiger partial charge in [-0.2, -0.15) is 0 Å². The molecule has 1 aromatic heterocycles. The van der Waals surface area contributed by atoms with E-state index in [4.69, 9.17) is 11.6 Å². The monoisotopic (exact) mass is 381 g/mol. The molecule has 6 heteroatoms. The van der Waals surface area contributed by atoms with Crippen molar-refractivity contribution in [3.63, 3.8) is 0 Å². The maximum absolute atomic E-state index is 6.15. The summed E-state index contributed by atoms with van der Waals surface area (Å²) in [5, 5.41) is 13.5. The third-order valence-corrected chi connectivity index (χ3v) is 5.27. The van der Waals surface area contributed by atoms with E-state index in [1.54, 1.807) is 0 Å². The van der Waals surface area contributed by atoms with Crippen LogP contribution in [0.4, 0.5) is 5.69 Å². The lowest BCUT2D eigenvalue weighted by Crippen LogP contribution is -2.38. The molecule has 27 heavy (non-hydrogen) atoms. The molecule has 1 aliphatic heterocycles. The second kappa shape index (κ2) is 6.97. The number of fused-ring (bicyclic) bond motifs is 1. The van der Waals surface area contributed by atoms with Crippen molar-refractivity contribution in [1.82, 2.24) is 20.2 Å². The van der Waals surface area contributed by atoms with Gasteiger partial charge in [0.2, 0.25) is 0 Å². The zero-order valence-corrected chi connectivity index (χ0v) is 16.7. The van der Waals surface area contributed by atoms with Crippen molar-refractivity contribution < 1.29 is 0 Å². The molecule has 1 atom stereocenters. The zero-order chi connectivity index (χ0) is 19.0. The Bertz CT molecular complexity index is 926. The molecule has 0 saturated carbocycles. The number of para-hydroxylation sites is 1. The van der Waals surface area contributed by atoms with Gasteiger partial charge in [0.1, 0.15) is 6.04 Å². The number of hydrogen-bond acceptors (Lipinski definition) is 4. The van der Waals surface area contributed by atoms with Gasteiger partial charge >= 0.3 is 0 Å². The van der Waals surface area contributed by atoms with E-state index in [0.717, 1.165) is 35.8 Å². The maximum atomic E-state index is 6.15. The van der Waals surface area contributed by atoms with Gasteiger partial charge in [-0.3, -0.25) is 0 Å². The van der Waals surface area contributed by atoms with Crippen molar-refractivity contribution >= 4 is 17.3 Å². The fraction of sp³-hybridized carbons (Fsp3) is 0.381. The smallest absolute Gasteiger partial charge is 0.178 e. The minimum atomic E-state index is -0.210. The van der Waals surface area contributed by atoms with Gasteiger partial charge in [0.05, 0.1) is 5.54 Å². The van der Waals surface area contributed by atoms with E-state index >= 15 is 0 Å². The van der Waals surface area contributed by atoms with E-state index in [0.29, 0.717) is 0 Å². The minimum Gasteiger partial charge on any atom is -0.357 e. The van der Waals surface area contributed by atoms with Crippen LogP contribution >= 0.6 is 11.6 Å². The average molecular weight is 382 g/mol. The molecular weight excluding hydrogens is 358 g/mol. The Labute approximate surface area is 165 Å². The van der Waals surface area contributed by atoms with E-state index in [1.807, 2.05) is 16.8 Å². The predicted molar refractivity (Wildman–Crippen MR) is 108 cm³/mol. The summed E-state index contributed by atoms with van der Waals surface area (Å²) in [6.45, 7) is 7.32. The van der Waals surface area contributed by atoms with Gasteiger partial charge in [-0.05, 0) is 73.4 Å². The third kappa shape index (κ3) is 3.44. The molecule has 0 unspecified atom stereocenters. The number of anilines is 1. The van der Waals surface area contributed by atoms with Crippen LogP contribution in [0.1, 0.15) is 50.2 Å². The number of nitrogens with zero attached hydrogens (tertiary/aromatic N) is 5. The van der Waals surface area contributed by atoms with E-state index in [2.05, 4.69) is 77.6 Å². The second-order valence-electron chi connectivity index (χ2n) is 8.00. The Morgan fingerprint density at radius 1 is 1.04 bits per heavy atom. The number of aryl methyl sites for hydroxylation is 1. The standard InChI is InChI=1S/C21H24ClN5/c1-21(2,3)27-20(23-24-25-27)19(16-10-12-17(22)13-11-16)26-14-6-8-15-7-4-5-9-18(15)26/h4-5,7,9-13,19H,6,8,14H2,1-3H3/t19-/m0/s1. The third-order valence-electron chi connectivity index (χ3n) is 5.02. The van der Waals surface area contributed by atoms with Gasteiger partial charge in [-0.15, -0.1) is 5.10 Å². The van der Waals surface area contributed by atoms with Gasteiger partial charge in [-0.25, -0.2) is 4.68 Å². The quantitative estimate of drug-likeness (QED) is 0.663. The molecule has 0 saturated heterocycles. The Morgan fingerprint density at radius 3 is 2.52 bits per heavy atom. The number of rotatable bonds is 3. The Hall–Kier alpha value is -2.40. The Balaban J connectivity index is 1.89. The van der Waals surface area contributed by atoms with Crippen molar-refractivity contribution in [2.24, 2.45) is 0 Å². The lowest BCUT2D eigenvalue weighted by molar-refractivity contribution is 0.329. The summed E-state index contributed by atoms with van der Waals surface area (Å²) in [7, 11) is 0. The molecule has 2 aromatic carbocycles. The van der Waals surface area contributed by atoms with Crippen LogP contribution in [0.5, 0.6) is 0 Å². The van der Waals surface area contributed by atoms with Gasteiger partial charge < -0.3 is 4.90 Å². The first kappa shape index (κ1) is 18.0. The topological polar surface area (TPSA) is 46.8 Å². The summed E-state index contributed by atoms with van der Waals surface area (Å²) in [6, 6.07) is 16.6. The highest BCUT2D eigenvalue weighted by Crippen LogP contribution is 2.38. The first-order valence-electron chi connectivity index (χ1n) is 9.34. The number of hydrogen-bond donors (Lipinski definition) is 0. The molecule has 4 rings (SSSR count). The SMILES string of the molecule is CC(C)(C)n1nnnc1[C@H](c1ccc(Cl)cc1)N1CCCc2ccccc21. The summed E-state index contributed by atoms with van der Waals surface area (Å²) in [5.41, 5.74) is 3.56. The van der Waals surface area contributed by atoms with E-state index in [9.17, 15) is 0 Å². The van der Waals surface area contributed by atoms with E-state index in [1.165, 1.54) is 11.3 Å². The minimum absolute atomic E-state index is 0.0714. The Morgan fingerprint density at radius 2 is 1.78 bits per heavy atom. The molecule has 0 bridgehead atoms. The molecule has 0 radical (unpaired) electrons. The number of halogens is 1. The molecule has 5 nitrogen and oxygen atoms in total. The average Bonchev–Trinajstić information content (AvgIpc) is 3.14. The number of tetrazole rings is 1. The Kier molecular flexibility index (Phi) is 4.64. The van der Waals surface area contributed by atoms with Crippen LogP contribution in [0.25, 0.3) is 0 Å². The molecule has 0 N–H and O–H groups in total. The van der Waals surface area contributed by atoms with Gasteiger partial charge in [0, 0.05) is 17.3 Å². The van der Waals surface area contributed by atoms with Gasteiger partial charge in [0.15, 0.2) is 5.82 Å². The highest BCUT2D eigenvalue weighted by molar-refractivity contribution is 6.30. The first-order valence-corrected chi connectivity index (χ1v) is 9.72. The fourth-order valence-corrected chi connectivity index (χ4v) is 3.91. The first-order chi connectivity index (χ1) is 12.9. The van der Waals surface area contributed by atoms with Gasteiger partial charge in [-0.1, -0.05) is 41.9 Å². The fourth-order valence-electron chi connectivity index (χ4n) is 3.79. The molecule has 0 aliphatic carbocycles. The number of aromatic nitrogens is 4. The highest BCUT2D eigenvalue weighted by Gasteiger charge is 2.33. The van der Waals surface area contributed by atoms with Crippen molar-refractivity contribution in [3.8, 4) is 0 Å². The second-order valence-corrected chi connectivity index (χ2v) is 8.44. The molecule has 2 heterocycles. The zero-order valence-electron chi connectivity index (χ0n) is 15.9. The lowest BCUT2D eigenvalue weighted by Gasteiger charge is -2.38. The van der Waals surface area contributed by atoms with E-state index < -0.39 is 0 Å². The summed E-state index contributed by atoms with van der Waals surface area (Å²) in [6.07, 6.45) is 2.21. The van der Waals surface area contributed by atoms with Crippen LogP contribution in [0.15, 0.2) is 48.5 Å². The maximum Gasteiger partial charge on any atom is 0.178 e. The molecule has 0 spiro atoms. The van der Waals surface area contributed by atoms with Crippen molar-refractivity contribution in [2.45, 2.75) is 45.2 Å². The molecule has 140 valence electrons. The van der Waals surface area contributed by atoms with Crippen LogP contribution in [0, 0.1) is 0 Å². The normalized spacial score (nSPS) is 15.5. The van der Waals surface area contributed by atoms with E-state index in [-0.39, 0.29) is 11.6 Å². The largest absolute Gasteiger partial charge is 0.357 e. The van der Waals surface area contributed by atoms with Crippen LogP contribution in [0.3, 0.4) is 0 Å².